The highest BCUT2D eigenvalue weighted by atomic mass is 35.5. The molecule has 1 aliphatic rings. The first-order valence-electron chi connectivity index (χ1n) is 8.41. The van der Waals surface area contributed by atoms with Gasteiger partial charge in [0.1, 0.15) is 5.02 Å². The first-order chi connectivity index (χ1) is 13.0. The molecule has 0 bridgehead atoms. The summed E-state index contributed by atoms with van der Waals surface area (Å²) in [4.78, 5) is 14.7. The molecule has 1 aliphatic heterocycles. The van der Waals surface area contributed by atoms with E-state index in [1.165, 1.54) is 12.3 Å². The van der Waals surface area contributed by atoms with E-state index in [0.717, 1.165) is 17.8 Å². The predicted molar refractivity (Wildman–Crippen MR) is 107 cm³/mol. The number of hydrogen-bond donors (Lipinski definition) is 2. The number of ether oxygens (including phenoxy) is 1. The number of aliphatic hydroxyl groups excluding tert-OH is 1. The fourth-order valence-corrected chi connectivity index (χ4v) is 3.44. The molecule has 3 rings (SSSR count). The second kappa shape index (κ2) is 9.23. The maximum Gasteiger partial charge on any atom is 0.292 e. The Morgan fingerprint density at radius 1 is 1.26 bits per heavy atom. The summed E-state index contributed by atoms with van der Waals surface area (Å²) >= 11 is 18.2. The Balaban J connectivity index is 1.68. The van der Waals surface area contributed by atoms with E-state index >= 15 is 0 Å². The van der Waals surface area contributed by atoms with E-state index in [-0.39, 0.29) is 16.6 Å². The molecule has 0 radical (unpaired) electrons. The number of aromatic nitrogens is 2. The van der Waals surface area contributed by atoms with Crippen molar-refractivity contribution in [1.82, 2.24) is 14.7 Å². The van der Waals surface area contributed by atoms with Crippen molar-refractivity contribution in [2.24, 2.45) is 0 Å². The third kappa shape index (κ3) is 5.13. The number of morpholine rings is 1. The Bertz CT molecular complexity index is 856. The van der Waals surface area contributed by atoms with Crippen LogP contribution in [0.1, 0.15) is 0 Å². The van der Waals surface area contributed by atoms with Gasteiger partial charge in [-0.1, -0.05) is 34.8 Å². The van der Waals surface area contributed by atoms with Gasteiger partial charge in [-0.2, -0.15) is 9.78 Å². The van der Waals surface area contributed by atoms with Crippen LogP contribution in [0.5, 0.6) is 0 Å². The topological polar surface area (TPSA) is 79.6 Å². The van der Waals surface area contributed by atoms with Gasteiger partial charge in [0.25, 0.3) is 5.56 Å². The van der Waals surface area contributed by atoms with E-state index in [9.17, 15) is 9.90 Å². The fourth-order valence-electron chi connectivity index (χ4n) is 2.75. The molecule has 1 aromatic heterocycles. The third-order valence-corrected chi connectivity index (χ3v) is 5.06. The number of hydrogen-bond acceptors (Lipinski definition) is 6. The van der Waals surface area contributed by atoms with Gasteiger partial charge in [-0.15, -0.1) is 0 Å². The first kappa shape index (κ1) is 20.4. The molecule has 0 saturated carbocycles. The van der Waals surface area contributed by atoms with Gasteiger partial charge in [0.05, 0.1) is 41.9 Å². The lowest BCUT2D eigenvalue weighted by atomic mass is 10.3. The van der Waals surface area contributed by atoms with Crippen molar-refractivity contribution in [3.8, 4) is 5.69 Å². The maximum atomic E-state index is 12.5. The Hall–Kier alpha value is -1.35. The van der Waals surface area contributed by atoms with E-state index < -0.39 is 11.7 Å². The van der Waals surface area contributed by atoms with Crippen molar-refractivity contribution in [3.63, 3.8) is 0 Å². The normalized spacial score (nSPS) is 16.3. The zero-order valence-corrected chi connectivity index (χ0v) is 16.6. The van der Waals surface area contributed by atoms with Gasteiger partial charge in [0.15, 0.2) is 0 Å². The molecule has 7 nitrogen and oxygen atoms in total. The van der Waals surface area contributed by atoms with Crippen molar-refractivity contribution in [1.29, 1.82) is 0 Å². The van der Waals surface area contributed by atoms with Crippen LogP contribution in [0.25, 0.3) is 5.69 Å². The van der Waals surface area contributed by atoms with Gasteiger partial charge in [-0.3, -0.25) is 9.69 Å². The molecule has 0 aliphatic carbocycles. The van der Waals surface area contributed by atoms with Crippen LogP contribution in [-0.2, 0) is 4.74 Å². The van der Waals surface area contributed by atoms with Crippen molar-refractivity contribution in [3.05, 3.63) is 49.8 Å². The van der Waals surface area contributed by atoms with Gasteiger partial charge in [-0.25, -0.2) is 0 Å². The zero-order valence-electron chi connectivity index (χ0n) is 14.4. The molecule has 1 saturated heterocycles. The number of β-amino-alcohol motifs (C(OH)–C–C–N with tert-alkyl or cyclic N) is 1. The average molecular weight is 434 g/mol. The highest BCUT2D eigenvalue weighted by molar-refractivity contribution is 6.36. The number of rotatable bonds is 6. The predicted octanol–water partition coefficient (Wildman–Crippen LogP) is 2.30. The van der Waals surface area contributed by atoms with Crippen LogP contribution < -0.4 is 10.9 Å². The number of halogens is 3. The van der Waals surface area contributed by atoms with Crippen molar-refractivity contribution in [2.45, 2.75) is 6.10 Å². The SMILES string of the molecule is O=c1c(Cl)c(NCC(O)CN2CCOCC2)cnn1-c1ccc(Cl)cc1Cl. The molecule has 10 heteroatoms. The number of aliphatic hydroxyl groups is 1. The summed E-state index contributed by atoms with van der Waals surface area (Å²) in [6.07, 6.45) is 0.808. The Labute approximate surface area is 171 Å². The standard InChI is InChI=1S/C17H19Cl3N4O3/c18-11-1-2-15(13(19)7-11)24-17(26)16(20)14(9-22-24)21-8-12(25)10-23-3-5-27-6-4-23/h1-2,7,9,12,21,25H,3-6,8,10H2. The van der Waals surface area contributed by atoms with Crippen LogP contribution in [0, 0.1) is 0 Å². The summed E-state index contributed by atoms with van der Waals surface area (Å²) < 4.78 is 6.39. The minimum Gasteiger partial charge on any atom is -0.390 e. The molecule has 146 valence electrons. The molecular formula is C17H19Cl3N4O3. The molecule has 0 spiro atoms. The van der Waals surface area contributed by atoms with E-state index in [2.05, 4.69) is 15.3 Å². The molecule has 2 heterocycles. The molecule has 1 atom stereocenters. The van der Waals surface area contributed by atoms with Gasteiger partial charge in [-0.05, 0) is 18.2 Å². The molecule has 1 aromatic carbocycles. The summed E-state index contributed by atoms with van der Waals surface area (Å²) in [5, 5.41) is 18.0. The summed E-state index contributed by atoms with van der Waals surface area (Å²) in [5.41, 5.74) is 0.212. The summed E-state index contributed by atoms with van der Waals surface area (Å²) in [6, 6.07) is 4.72. The van der Waals surface area contributed by atoms with Gasteiger partial charge >= 0.3 is 0 Å². The van der Waals surface area contributed by atoms with Crippen LogP contribution in [-0.4, -0.2) is 65.3 Å². The van der Waals surface area contributed by atoms with Crippen molar-refractivity contribution < 1.29 is 9.84 Å². The van der Waals surface area contributed by atoms with Crippen LogP contribution >= 0.6 is 34.8 Å². The second-order valence-electron chi connectivity index (χ2n) is 6.13. The molecule has 0 amide bonds. The van der Waals surface area contributed by atoms with E-state index in [1.807, 2.05) is 0 Å². The molecule has 2 N–H and O–H groups in total. The minimum absolute atomic E-state index is 0.0328. The van der Waals surface area contributed by atoms with Gasteiger partial charge < -0.3 is 15.2 Å². The molecule has 2 aromatic rings. The highest BCUT2D eigenvalue weighted by Gasteiger charge is 2.17. The van der Waals surface area contributed by atoms with E-state index in [1.54, 1.807) is 12.1 Å². The Morgan fingerprint density at radius 2 is 2.00 bits per heavy atom. The second-order valence-corrected chi connectivity index (χ2v) is 7.35. The van der Waals surface area contributed by atoms with Crippen molar-refractivity contribution in [2.75, 3.05) is 44.7 Å². The first-order valence-corrected chi connectivity index (χ1v) is 9.54. The quantitative estimate of drug-likeness (QED) is 0.728. The average Bonchev–Trinajstić information content (AvgIpc) is 2.64. The highest BCUT2D eigenvalue weighted by Crippen LogP contribution is 2.24. The zero-order chi connectivity index (χ0) is 19.4. The molecule has 27 heavy (non-hydrogen) atoms. The number of nitrogens with zero attached hydrogens (tertiary/aromatic N) is 3. The number of anilines is 1. The van der Waals surface area contributed by atoms with Crippen LogP contribution in [0.3, 0.4) is 0 Å². The van der Waals surface area contributed by atoms with Gasteiger partial charge in [0, 0.05) is 31.2 Å². The molecule has 1 fully saturated rings. The molecule has 1 unspecified atom stereocenters. The monoisotopic (exact) mass is 432 g/mol. The fraction of sp³-hybridized carbons (Fsp3) is 0.412. The van der Waals surface area contributed by atoms with Gasteiger partial charge in [0.2, 0.25) is 0 Å². The maximum absolute atomic E-state index is 12.5. The lowest BCUT2D eigenvalue weighted by molar-refractivity contribution is 0.0171. The largest absolute Gasteiger partial charge is 0.390 e. The smallest absolute Gasteiger partial charge is 0.292 e. The Morgan fingerprint density at radius 3 is 2.70 bits per heavy atom. The van der Waals surface area contributed by atoms with E-state index in [4.69, 9.17) is 39.5 Å². The molecular weight excluding hydrogens is 415 g/mol. The van der Waals surface area contributed by atoms with Crippen LogP contribution in [0.15, 0.2) is 29.2 Å². The van der Waals surface area contributed by atoms with Crippen LogP contribution in [0.4, 0.5) is 5.69 Å². The lowest BCUT2D eigenvalue weighted by Gasteiger charge is -2.28. The van der Waals surface area contributed by atoms with Crippen molar-refractivity contribution >= 4 is 40.5 Å². The summed E-state index contributed by atoms with van der Waals surface area (Å²) in [6.45, 7) is 3.67. The number of benzene rings is 1. The Kier molecular flexibility index (Phi) is 6.97. The van der Waals surface area contributed by atoms with E-state index in [0.29, 0.717) is 36.2 Å². The lowest BCUT2D eigenvalue weighted by Crippen LogP contribution is -2.42. The summed E-state index contributed by atoms with van der Waals surface area (Å²) in [7, 11) is 0. The minimum atomic E-state index is -0.618. The number of nitrogens with one attached hydrogen (secondary N) is 1. The van der Waals surface area contributed by atoms with Crippen LogP contribution in [0.2, 0.25) is 15.1 Å². The summed E-state index contributed by atoms with van der Waals surface area (Å²) in [5.74, 6) is 0. The third-order valence-electron chi connectivity index (χ3n) is 4.16.